The summed E-state index contributed by atoms with van der Waals surface area (Å²) in [6, 6.07) is 0. The molecule has 3 aliphatic carbocycles. The van der Waals surface area contributed by atoms with Crippen LogP contribution in [0.1, 0.15) is 19.3 Å². The Kier molecular flexibility index (Phi) is 1.56. The van der Waals surface area contributed by atoms with Gasteiger partial charge in [-0.3, -0.25) is 0 Å². The minimum atomic E-state index is -3.39. The highest BCUT2D eigenvalue weighted by molar-refractivity contribution is 7.90. The van der Waals surface area contributed by atoms with Crippen LogP contribution in [0.2, 0.25) is 0 Å². The Labute approximate surface area is 71.8 Å². The zero-order valence-corrected chi connectivity index (χ0v) is 7.55. The van der Waals surface area contributed by atoms with E-state index in [0.717, 1.165) is 0 Å². The minimum Gasteiger partial charge on any atom is -0.396 e. The maximum atomic E-state index is 11.2. The third-order valence-corrected chi connectivity index (χ3v) is 5.11. The number of fused-ring (bicyclic) bond motifs is 1. The summed E-state index contributed by atoms with van der Waals surface area (Å²) in [4.78, 5) is 0. The first-order valence-electron chi connectivity index (χ1n) is 4.12. The molecule has 3 rings (SSSR count). The van der Waals surface area contributed by atoms with Crippen molar-refractivity contribution < 1.29 is 13.5 Å². The number of sulfonamides is 1. The van der Waals surface area contributed by atoms with Gasteiger partial charge in [0.05, 0.1) is 4.75 Å². The highest BCUT2D eigenvalue weighted by atomic mass is 32.2. The molecule has 3 aliphatic rings. The molecule has 1 atom stereocenters. The lowest BCUT2D eigenvalue weighted by atomic mass is 9.82. The summed E-state index contributed by atoms with van der Waals surface area (Å²) >= 11 is 0. The molecule has 5 heteroatoms. The molecule has 4 nitrogen and oxygen atoms in total. The molecule has 0 spiro atoms. The van der Waals surface area contributed by atoms with E-state index in [1.54, 1.807) is 0 Å². The van der Waals surface area contributed by atoms with Crippen LogP contribution in [0.4, 0.5) is 0 Å². The van der Waals surface area contributed by atoms with Gasteiger partial charge in [0.1, 0.15) is 0 Å². The molecule has 70 valence electrons. The van der Waals surface area contributed by atoms with Crippen LogP contribution >= 0.6 is 0 Å². The van der Waals surface area contributed by atoms with Crippen molar-refractivity contribution >= 4 is 10.0 Å². The third-order valence-electron chi connectivity index (χ3n) is 3.41. The van der Waals surface area contributed by atoms with Gasteiger partial charge in [-0.1, -0.05) is 0 Å². The second-order valence-electron chi connectivity index (χ2n) is 4.04. The quantitative estimate of drug-likeness (QED) is 0.613. The molecule has 0 saturated heterocycles. The largest absolute Gasteiger partial charge is 0.396 e. The highest BCUT2D eigenvalue weighted by Gasteiger charge is 2.61. The molecule has 0 aromatic rings. The van der Waals surface area contributed by atoms with Crippen LogP contribution in [0.25, 0.3) is 0 Å². The Balaban J connectivity index is 2.22. The predicted molar refractivity (Wildman–Crippen MR) is 43.8 cm³/mol. The van der Waals surface area contributed by atoms with Crippen LogP contribution in [0.15, 0.2) is 0 Å². The van der Waals surface area contributed by atoms with Gasteiger partial charge in [0.25, 0.3) is 0 Å². The van der Waals surface area contributed by atoms with Crippen molar-refractivity contribution in [3.8, 4) is 0 Å². The van der Waals surface area contributed by atoms with E-state index in [1.807, 2.05) is 0 Å². The van der Waals surface area contributed by atoms with Crippen LogP contribution in [0, 0.1) is 11.8 Å². The molecule has 0 heterocycles. The summed E-state index contributed by atoms with van der Waals surface area (Å²) < 4.78 is 21.6. The van der Waals surface area contributed by atoms with E-state index in [4.69, 9.17) is 10.2 Å². The van der Waals surface area contributed by atoms with Gasteiger partial charge in [-0.2, -0.15) is 0 Å². The molecular formula is C7H13NO3S. The van der Waals surface area contributed by atoms with Crippen molar-refractivity contribution in [1.29, 1.82) is 0 Å². The van der Waals surface area contributed by atoms with Crippen molar-refractivity contribution in [1.82, 2.24) is 0 Å². The summed E-state index contributed by atoms with van der Waals surface area (Å²) in [6.07, 6.45) is 1.89. The molecule has 0 aromatic heterocycles. The second-order valence-corrected chi connectivity index (χ2v) is 6.00. The fraction of sp³-hybridized carbons (Fsp3) is 1.00. The van der Waals surface area contributed by atoms with Gasteiger partial charge in [-0.15, -0.1) is 0 Å². The number of nitrogens with two attached hydrogens (primary N) is 1. The first-order valence-corrected chi connectivity index (χ1v) is 5.66. The monoisotopic (exact) mass is 191 g/mol. The molecule has 3 N–H and O–H groups in total. The predicted octanol–water partition coefficient (Wildman–Crippen LogP) is -0.564. The molecule has 3 saturated carbocycles. The molecule has 2 bridgehead atoms. The Morgan fingerprint density at radius 3 is 2.25 bits per heavy atom. The Morgan fingerprint density at radius 2 is 2.00 bits per heavy atom. The van der Waals surface area contributed by atoms with Gasteiger partial charge in [0, 0.05) is 6.61 Å². The summed E-state index contributed by atoms with van der Waals surface area (Å²) in [5.41, 5.74) is 0. The first-order chi connectivity index (χ1) is 5.48. The lowest BCUT2D eigenvalue weighted by Crippen LogP contribution is -2.47. The topological polar surface area (TPSA) is 80.4 Å². The van der Waals surface area contributed by atoms with E-state index in [1.165, 1.54) is 0 Å². The van der Waals surface area contributed by atoms with Gasteiger partial charge in [0.2, 0.25) is 10.0 Å². The number of hydrogen-bond donors (Lipinski definition) is 2. The van der Waals surface area contributed by atoms with E-state index in [9.17, 15) is 8.42 Å². The number of aliphatic hydroxyl groups is 1. The summed E-state index contributed by atoms with van der Waals surface area (Å²) in [6.45, 7) is 0.0991. The third kappa shape index (κ3) is 0.870. The fourth-order valence-electron chi connectivity index (χ4n) is 2.60. The van der Waals surface area contributed by atoms with Crippen molar-refractivity contribution in [2.75, 3.05) is 6.61 Å². The molecule has 1 unspecified atom stereocenters. The van der Waals surface area contributed by atoms with Crippen molar-refractivity contribution in [2.45, 2.75) is 24.0 Å². The normalized spacial score (nSPS) is 45.8. The Bertz CT molecular complexity index is 292. The van der Waals surface area contributed by atoms with Gasteiger partial charge >= 0.3 is 0 Å². The maximum Gasteiger partial charge on any atom is 0.214 e. The second kappa shape index (κ2) is 2.21. The maximum absolute atomic E-state index is 11.2. The highest BCUT2D eigenvalue weighted by Crippen LogP contribution is 2.58. The number of hydrogen-bond acceptors (Lipinski definition) is 3. The van der Waals surface area contributed by atoms with Crippen LogP contribution in [-0.2, 0) is 10.0 Å². The first kappa shape index (κ1) is 8.47. The summed E-state index contributed by atoms with van der Waals surface area (Å²) in [7, 11) is -3.39. The Morgan fingerprint density at radius 1 is 1.42 bits per heavy atom. The van der Waals surface area contributed by atoms with Crippen LogP contribution < -0.4 is 5.14 Å². The van der Waals surface area contributed by atoms with E-state index in [2.05, 4.69) is 0 Å². The summed E-state index contributed by atoms with van der Waals surface area (Å²) in [5.74, 6) is 0.566. The molecular weight excluding hydrogens is 178 g/mol. The van der Waals surface area contributed by atoms with Gasteiger partial charge in [-0.25, -0.2) is 13.6 Å². The number of rotatable bonds is 2. The van der Waals surface area contributed by atoms with Crippen LogP contribution in [0.5, 0.6) is 0 Å². The number of primary sulfonamides is 1. The van der Waals surface area contributed by atoms with Crippen molar-refractivity contribution in [3.63, 3.8) is 0 Å². The fourth-order valence-corrected chi connectivity index (χ4v) is 3.94. The zero-order chi connectivity index (χ0) is 8.98. The van der Waals surface area contributed by atoms with E-state index in [-0.39, 0.29) is 12.5 Å². The lowest BCUT2D eigenvalue weighted by Gasteiger charge is -2.35. The van der Waals surface area contributed by atoms with E-state index in [0.29, 0.717) is 25.2 Å². The van der Waals surface area contributed by atoms with Crippen molar-refractivity contribution in [2.24, 2.45) is 17.0 Å². The minimum absolute atomic E-state index is 0.0991. The SMILES string of the molecule is NS(=O)(=O)C12CC(CO)C(C1)C2. The van der Waals surface area contributed by atoms with Crippen LogP contribution in [-0.4, -0.2) is 24.9 Å². The molecule has 0 aliphatic heterocycles. The van der Waals surface area contributed by atoms with Gasteiger partial charge in [-0.05, 0) is 31.1 Å². The smallest absolute Gasteiger partial charge is 0.214 e. The molecule has 0 radical (unpaired) electrons. The standard InChI is InChI=1S/C7H13NO3S/c8-12(10,11)7-1-5(2-7)6(3-7)4-9/h5-6,9H,1-4H2,(H2,8,10,11). The van der Waals surface area contributed by atoms with Gasteiger partial charge in [0.15, 0.2) is 0 Å². The number of aliphatic hydroxyl groups excluding tert-OH is 1. The zero-order valence-electron chi connectivity index (χ0n) is 6.73. The van der Waals surface area contributed by atoms with Crippen molar-refractivity contribution in [3.05, 3.63) is 0 Å². The lowest BCUT2D eigenvalue weighted by molar-refractivity contribution is 0.190. The average molecular weight is 191 g/mol. The molecule has 0 amide bonds. The van der Waals surface area contributed by atoms with Gasteiger partial charge < -0.3 is 5.11 Å². The van der Waals surface area contributed by atoms with Crippen LogP contribution in [0.3, 0.4) is 0 Å². The summed E-state index contributed by atoms with van der Waals surface area (Å²) in [5, 5.41) is 14.0. The van der Waals surface area contributed by atoms with E-state index >= 15 is 0 Å². The van der Waals surface area contributed by atoms with E-state index < -0.39 is 14.8 Å². The average Bonchev–Trinajstić information content (AvgIpc) is 2.35. The molecule has 3 fully saturated rings. The Hall–Kier alpha value is -0.130. The molecule has 0 aromatic carbocycles. The molecule has 12 heavy (non-hydrogen) atoms.